The molecular formula is C18H18ClFN2O4. The number of aromatic nitrogens is 1. The van der Waals surface area contributed by atoms with Crippen molar-refractivity contribution < 1.29 is 19.0 Å². The fraction of sp³-hybridized carbons (Fsp3) is 0.444. The van der Waals surface area contributed by atoms with E-state index in [4.69, 9.17) is 16.3 Å². The van der Waals surface area contributed by atoms with Gasteiger partial charge in [-0.3, -0.25) is 4.79 Å². The Balaban J connectivity index is 1.85. The molecule has 0 radical (unpaired) electrons. The molecule has 6 nitrogen and oxygen atoms in total. The van der Waals surface area contributed by atoms with Crippen LogP contribution >= 0.6 is 11.6 Å². The van der Waals surface area contributed by atoms with E-state index in [2.05, 4.69) is 5.32 Å². The average molecular weight is 381 g/mol. The van der Waals surface area contributed by atoms with Crippen LogP contribution in [0.1, 0.15) is 42.1 Å². The summed E-state index contributed by atoms with van der Waals surface area (Å²) in [5.41, 5.74) is -0.794. The first-order valence-electron chi connectivity index (χ1n) is 8.63. The Morgan fingerprint density at radius 3 is 2.81 bits per heavy atom. The topological polar surface area (TPSA) is 80.6 Å². The number of hydrogen-bond donors (Lipinski definition) is 2. The van der Waals surface area contributed by atoms with Gasteiger partial charge in [0.1, 0.15) is 17.2 Å². The number of nitrogens with one attached hydrogen (secondary N) is 1. The van der Waals surface area contributed by atoms with E-state index in [0.717, 1.165) is 38.3 Å². The third-order valence-corrected chi connectivity index (χ3v) is 5.28. The minimum atomic E-state index is -1.34. The molecule has 2 aliphatic rings. The van der Waals surface area contributed by atoms with Crippen molar-refractivity contribution in [2.75, 3.05) is 13.2 Å². The monoisotopic (exact) mass is 380 g/mol. The molecule has 138 valence electrons. The van der Waals surface area contributed by atoms with E-state index in [-0.39, 0.29) is 40.4 Å². The molecule has 2 heterocycles. The van der Waals surface area contributed by atoms with Crippen molar-refractivity contribution in [1.82, 2.24) is 9.88 Å². The van der Waals surface area contributed by atoms with Gasteiger partial charge in [-0.2, -0.15) is 0 Å². The zero-order chi connectivity index (χ0) is 18.4. The molecule has 1 aliphatic carbocycles. The summed E-state index contributed by atoms with van der Waals surface area (Å²) in [6.07, 6.45) is 5.00. The van der Waals surface area contributed by atoms with Gasteiger partial charge >= 0.3 is 5.97 Å². The number of pyridine rings is 1. The van der Waals surface area contributed by atoms with Gasteiger partial charge in [0.05, 0.1) is 10.9 Å². The Morgan fingerprint density at radius 1 is 1.42 bits per heavy atom. The van der Waals surface area contributed by atoms with Gasteiger partial charge in [0, 0.05) is 18.3 Å². The summed E-state index contributed by atoms with van der Waals surface area (Å²) in [6.45, 7) is 1.18. The number of nitrogens with zero attached hydrogens (tertiary/aromatic N) is 1. The van der Waals surface area contributed by atoms with Crippen molar-refractivity contribution in [2.24, 2.45) is 0 Å². The molecule has 1 aliphatic heterocycles. The Hall–Kier alpha value is -2.12. The zero-order valence-electron chi connectivity index (χ0n) is 13.9. The molecule has 1 aromatic carbocycles. The highest BCUT2D eigenvalue weighted by molar-refractivity contribution is 6.36. The van der Waals surface area contributed by atoms with Crippen molar-refractivity contribution in [3.8, 4) is 5.75 Å². The number of fused-ring (bicyclic) bond motifs is 1. The second-order valence-corrected chi connectivity index (χ2v) is 7.20. The van der Waals surface area contributed by atoms with Gasteiger partial charge in [0.15, 0.2) is 11.6 Å². The third kappa shape index (κ3) is 2.95. The standard InChI is InChI=1S/C18H18ClFN2O4/c19-14-15-11(6-13(20)17(14)26-8-9-2-1-5-21-9)16(23)12(18(24)25)7-22(15)10-3-4-10/h6-7,9-10,21H,1-5,8H2,(H,24,25). The highest BCUT2D eigenvalue weighted by Crippen LogP contribution is 2.41. The number of benzene rings is 1. The molecule has 1 saturated carbocycles. The van der Waals surface area contributed by atoms with Gasteiger partial charge in [-0.25, -0.2) is 9.18 Å². The van der Waals surface area contributed by atoms with E-state index in [0.29, 0.717) is 5.52 Å². The second-order valence-electron chi connectivity index (χ2n) is 6.82. The molecule has 1 atom stereocenters. The first kappa shape index (κ1) is 17.3. The van der Waals surface area contributed by atoms with Gasteiger partial charge in [0.25, 0.3) is 0 Å². The van der Waals surface area contributed by atoms with Crippen LogP contribution in [-0.2, 0) is 0 Å². The molecule has 26 heavy (non-hydrogen) atoms. The van der Waals surface area contributed by atoms with Crippen LogP contribution in [0.25, 0.3) is 10.9 Å². The summed E-state index contributed by atoms with van der Waals surface area (Å²) >= 11 is 6.42. The Morgan fingerprint density at radius 2 is 2.19 bits per heavy atom. The van der Waals surface area contributed by atoms with Crippen molar-refractivity contribution in [3.63, 3.8) is 0 Å². The third-order valence-electron chi connectivity index (χ3n) is 4.93. The van der Waals surface area contributed by atoms with Crippen LogP contribution in [0.3, 0.4) is 0 Å². The Bertz CT molecular complexity index is 949. The van der Waals surface area contributed by atoms with E-state index >= 15 is 0 Å². The number of carbonyl (C=O) groups is 1. The summed E-state index contributed by atoms with van der Waals surface area (Å²) in [5.74, 6) is -2.19. The Kier molecular flexibility index (Phi) is 4.36. The number of carboxylic acids is 1. The first-order valence-corrected chi connectivity index (χ1v) is 9.01. The number of rotatable bonds is 5. The molecule has 0 amide bonds. The van der Waals surface area contributed by atoms with E-state index < -0.39 is 17.2 Å². The van der Waals surface area contributed by atoms with E-state index in [1.807, 2.05) is 0 Å². The predicted molar refractivity (Wildman–Crippen MR) is 94.9 cm³/mol. The highest BCUT2D eigenvalue weighted by atomic mass is 35.5. The number of carboxylic acid groups (broad SMARTS) is 1. The lowest BCUT2D eigenvalue weighted by Crippen LogP contribution is -2.28. The van der Waals surface area contributed by atoms with Crippen LogP contribution in [0.5, 0.6) is 5.75 Å². The lowest BCUT2D eigenvalue weighted by Gasteiger charge is -2.18. The van der Waals surface area contributed by atoms with Crippen molar-refractivity contribution in [1.29, 1.82) is 0 Å². The van der Waals surface area contributed by atoms with E-state index in [1.54, 1.807) is 4.57 Å². The molecule has 1 aromatic heterocycles. The largest absolute Gasteiger partial charge is 0.487 e. The number of hydrogen-bond acceptors (Lipinski definition) is 4. The maximum absolute atomic E-state index is 14.6. The molecule has 4 rings (SSSR count). The molecule has 1 saturated heterocycles. The van der Waals surface area contributed by atoms with E-state index in [9.17, 15) is 19.1 Å². The van der Waals surface area contributed by atoms with Gasteiger partial charge in [-0.1, -0.05) is 11.6 Å². The molecule has 2 N–H and O–H groups in total. The van der Waals surface area contributed by atoms with Gasteiger partial charge in [-0.05, 0) is 38.3 Å². The number of aromatic carboxylic acids is 1. The molecule has 1 unspecified atom stereocenters. The second kappa shape index (κ2) is 6.55. The summed E-state index contributed by atoms with van der Waals surface area (Å²) in [6, 6.07) is 1.23. The fourth-order valence-electron chi connectivity index (χ4n) is 3.43. The maximum atomic E-state index is 14.6. The van der Waals surface area contributed by atoms with Crippen molar-refractivity contribution in [2.45, 2.75) is 37.8 Å². The molecule has 2 fully saturated rings. The SMILES string of the molecule is O=C(O)c1cn(C2CC2)c2c(Cl)c(OCC3CCCN3)c(F)cc2c1=O. The van der Waals surface area contributed by atoms with Gasteiger partial charge < -0.3 is 19.7 Å². The van der Waals surface area contributed by atoms with Crippen molar-refractivity contribution >= 4 is 28.5 Å². The summed E-state index contributed by atoms with van der Waals surface area (Å²) in [7, 11) is 0. The minimum Gasteiger partial charge on any atom is -0.487 e. The maximum Gasteiger partial charge on any atom is 0.341 e. The number of ether oxygens (including phenoxy) is 1. The lowest BCUT2D eigenvalue weighted by molar-refractivity contribution is 0.0695. The number of halogens is 2. The first-order chi connectivity index (χ1) is 12.5. The molecular weight excluding hydrogens is 363 g/mol. The average Bonchev–Trinajstić information content (AvgIpc) is 3.31. The van der Waals surface area contributed by atoms with Crippen LogP contribution in [0.15, 0.2) is 17.1 Å². The van der Waals surface area contributed by atoms with Crippen LogP contribution in [-0.4, -0.2) is 34.8 Å². The molecule has 8 heteroatoms. The summed E-state index contributed by atoms with van der Waals surface area (Å²) < 4.78 is 21.9. The minimum absolute atomic E-state index is 0.0129. The van der Waals surface area contributed by atoms with Crippen molar-refractivity contribution in [3.05, 3.63) is 38.9 Å². The van der Waals surface area contributed by atoms with Gasteiger partial charge in [-0.15, -0.1) is 0 Å². The predicted octanol–water partition coefficient (Wildman–Crippen LogP) is 2.96. The normalized spacial score (nSPS) is 19.8. The molecule has 0 spiro atoms. The van der Waals surface area contributed by atoms with E-state index in [1.165, 1.54) is 6.20 Å². The molecule has 0 bridgehead atoms. The fourth-order valence-corrected chi connectivity index (χ4v) is 3.78. The van der Waals surface area contributed by atoms with Crippen LogP contribution in [0.2, 0.25) is 5.02 Å². The summed E-state index contributed by atoms with van der Waals surface area (Å²) in [5, 5.41) is 12.5. The van der Waals surface area contributed by atoms with Gasteiger partial charge in [0.2, 0.25) is 5.43 Å². The molecule has 2 aromatic rings. The van der Waals surface area contributed by atoms with Crippen LogP contribution in [0, 0.1) is 5.82 Å². The smallest absolute Gasteiger partial charge is 0.341 e. The Labute approximate surface area is 153 Å². The highest BCUT2D eigenvalue weighted by Gasteiger charge is 2.30. The van der Waals surface area contributed by atoms with Crippen LogP contribution < -0.4 is 15.5 Å². The lowest BCUT2D eigenvalue weighted by atomic mass is 10.1. The van der Waals surface area contributed by atoms with Crippen LogP contribution in [0.4, 0.5) is 4.39 Å². The zero-order valence-corrected chi connectivity index (χ0v) is 14.7. The quantitative estimate of drug-likeness (QED) is 0.833. The summed E-state index contributed by atoms with van der Waals surface area (Å²) in [4.78, 5) is 23.9.